The van der Waals surface area contributed by atoms with Gasteiger partial charge in [0.1, 0.15) is 23.9 Å². The highest BCUT2D eigenvalue weighted by atomic mass is 32.1. The lowest BCUT2D eigenvalue weighted by molar-refractivity contribution is -0.115. The first-order valence-corrected chi connectivity index (χ1v) is 10.2. The number of hydrogen-bond acceptors (Lipinski definition) is 7. The molecule has 0 radical (unpaired) electrons. The Labute approximate surface area is 177 Å². The fraction of sp³-hybridized carbons (Fsp3) is 0.227. The number of hydrogen-bond donors (Lipinski definition) is 1. The maximum atomic E-state index is 12.4. The van der Waals surface area contributed by atoms with Crippen LogP contribution in [-0.4, -0.2) is 23.2 Å². The first kappa shape index (κ1) is 19.9. The molecule has 0 bridgehead atoms. The second-order valence-electron chi connectivity index (χ2n) is 6.81. The van der Waals surface area contributed by atoms with Crippen molar-refractivity contribution < 1.29 is 18.8 Å². The summed E-state index contributed by atoms with van der Waals surface area (Å²) in [5.41, 5.74) is 3.50. The van der Waals surface area contributed by atoms with Crippen molar-refractivity contribution in [2.75, 3.05) is 12.4 Å². The Kier molecular flexibility index (Phi) is 5.67. The van der Waals surface area contributed by atoms with Gasteiger partial charge >= 0.3 is 0 Å². The Hall–Kier alpha value is -3.39. The molecule has 0 atom stereocenters. The number of fused-ring (bicyclic) bond motifs is 1. The number of nitrogens with one attached hydrogen (secondary N) is 1. The van der Waals surface area contributed by atoms with Crippen LogP contribution in [0.15, 0.2) is 47.0 Å². The van der Waals surface area contributed by atoms with Gasteiger partial charge in [0.25, 0.3) is 0 Å². The van der Waals surface area contributed by atoms with E-state index in [1.807, 2.05) is 56.3 Å². The molecule has 8 heteroatoms. The van der Waals surface area contributed by atoms with E-state index >= 15 is 0 Å². The molecule has 0 spiro atoms. The SMILES string of the molecule is COc1ccc2nc(NC(=O)Cc3ccc(OCc4c(C)noc4C)cc3)sc2c1. The van der Waals surface area contributed by atoms with Gasteiger partial charge in [-0.05, 0) is 49.7 Å². The van der Waals surface area contributed by atoms with Crippen molar-refractivity contribution >= 4 is 32.6 Å². The number of rotatable bonds is 7. The predicted octanol–water partition coefficient (Wildman–Crippen LogP) is 4.67. The summed E-state index contributed by atoms with van der Waals surface area (Å²) in [7, 11) is 1.62. The molecule has 0 unspecified atom stereocenters. The molecule has 0 aliphatic heterocycles. The first-order chi connectivity index (χ1) is 14.5. The number of ether oxygens (including phenoxy) is 2. The molecule has 1 N–H and O–H groups in total. The van der Waals surface area contributed by atoms with Crippen LogP contribution in [0.5, 0.6) is 11.5 Å². The molecule has 2 aromatic heterocycles. The molecule has 2 aromatic carbocycles. The van der Waals surface area contributed by atoms with Crippen LogP contribution in [0.1, 0.15) is 22.6 Å². The van der Waals surface area contributed by atoms with Gasteiger partial charge in [-0.25, -0.2) is 4.98 Å². The molecule has 0 saturated heterocycles. The fourth-order valence-electron chi connectivity index (χ4n) is 3.00. The predicted molar refractivity (Wildman–Crippen MR) is 115 cm³/mol. The number of methoxy groups -OCH3 is 1. The maximum absolute atomic E-state index is 12.4. The van der Waals surface area contributed by atoms with Crippen LogP contribution in [0.2, 0.25) is 0 Å². The molecular formula is C22H21N3O4S. The van der Waals surface area contributed by atoms with Crippen LogP contribution in [-0.2, 0) is 17.8 Å². The van der Waals surface area contributed by atoms with Gasteiger partial charge in [0, 0.05) is 0 Å². The van der Waals surface area contributed by atoms with E-state index in [9.17, 15) is 4.79 Å². The highest BCUT2D eigenvalue weighted by molar-refractivity contribution is 7.22. The van der Waals surface area contributed by atoms with Crippen LogP contribution >= 0.6 is 11.3 Å². The lowest BCUT2D eigenvalue weighted by Gasteiger charge is -2.07. The van der Waals surface area contributed by atoms with Crippen LogP contribution in [0.3, 0.4) is 0 Å². The van der Waals surface area contributed by atoms with Gasteiger partial charge in [-0.3, -0.25) is 4.79 Å². The van der Waals surface area contributed by atoms with E-state index in [1.165, 1.54) is 11.3 Å². The summed E-state index contributed by atoms with van der Waals surface area (Å²) in [5, 5.41) is 7.36. The van der Waals surface area contributed by atoms with Crippen molar-refractivity contribution in [1.82, 2.24) is 10.1 Å². The van der Waals surface area contributed by atoms with Gasteiger partial charge in [-0.1, -0.05) is 28.6 Å². The summed E-state index contributed by atoms with van der Waals surface area (Å²) in [4.78, 5) is 16.8. The van der Waals surface area contributed by atoms with Gasteiger partial charge < -0.3 is 19.3 Å². The zero-order valence-corrected chi connectivity index (χ0v) is 17.7. The quantitative estimate of drug-likeness (QED) is 0.465. The normalized spacial score (nSPS) is 10.9. The fourth-order valence-corrected chi connectivity index (χ4v) is 3.91. The van der Waals surface area contributed by atoms with Crippen LogP contribution in [0, 0.1) is 13.8 Å². The van der Waals surface area contributed by atoms with Crippen molar-refractivity contribution in [1.29, 1.82) is 0 Å². The maximum Gasteiger partial charge on any atom is 0.230 e. The summed E-state index contributed by atoms with van der Waals surface area (Å²) < 4.78 is 17.1. The summed E-state index contributed by atoms with van der Waals surface area (Å²) in [6, 6.07) is 13.1. The molecule has 4 aromatic rings. The largest absolute Gasteiger partial charge is 0.497 e. The Morgan fingerprint density at radius 1 is 1.13 bits per heavy atom. The average Bonchev–Trinajstić information content (AvgIpc) is 3.28. The minimum absolute atomic E-state index is 0.120. The van der Waals surface area contributed by atoms with Crippen molar-refractivity contribution in [2.45, 2.75) is 26.9 Å². The van der Waals surface area contributed by atoms with Crippen molar-refractivity contribution in [3.05, 3.63) is 65.0 Å². The summed E-state index contributed by atoms with van der Waals surface area (Å²) >= 11 is 1.42. The van der Waals surface area contributed by atoms with Gasteiger partial charge in [0.2, 0.25) is 5.91 Å². The Bertz CT molecular complexity index is 1160. The molecule has 154 valence electrons. The number of thiazole rings is 1. The number of anilines is 1. The number of carbonyl (C=O) groups is 1. The minimum Gasteiger partial charge on any atom is -0.497 e. The zero-order valence-electron chi connectivity index (χ0n) is 16.9. The van der Waals surface area contributed by atoms with Gasteiger partial charge in [-0.2, -0.15) is 0 Å². The molecule has 1 amide bonds. The molecular weight excluding hydrogens is 402 g/mol. The lowest BCUT2D eigenvalue weighted by Crippen LogP contribution is -2.14. The first-order valence-electron chi connectivity index (χ1n) is 9.40. The third-order valence-electron chi connectivity index (χ3n) is 4.69. The Morgan fingerprint density at radius 3 is 2.60 bits per heavy atom. The molecule has 4 rings (SSSR count). The van der Waals surface area contributed by atoms with E-state index in [2.05, 4.69) is 15.5 Å². The molecule has 0 aliphatic carbocycles. The Morgan fingerprint density at radius 2 is 1.90 bits per heavy atom. The molecule has 7 nitrogen and oxygen atoms in total. The van der Waals surface area contributed by atoms with E-state index in [1.54, 1.807) is 7.11 Å². The third kappa shape index (κ3) is 4.44. The average molecular weight is 423 g/mol. The van der Waals surface area contributed by atoms with E-state index in [0.29, 0.717) is 11.7 Å². The van der Waals surface area contributed by atoms with E-state index < -0.39 is 0 Å². The summed E-state index contributed by atoms with van der Waals surface area (Å²) in [5.74, 6) is 2.12. The van der Waals surface area contributed by atoms with Gasteiger partial charge in [-0.15, -0.1) is 0 Å². The van der Waals surface area contributed by atoms with Crippen LogP contribution in [0.25, 0.3) is 10.2 Å². The Balaban J connectivity index is 1.34. The van der Waals surface area contributed by atoms with Gasteiger partial charge in [0.05, 0.1) is 35.0 Å². The second kappa shape index (κ2) is 8.54. The lowest BCUT2D eigenvalue weighted by atomic mass is 10.1. The summed E-state index contributed by atoms with van der Waals surface area (Å²) in [6.45, 7) is 4.14. The number of nitrogens with zero attached hydrogens (tertiary/aromatic N) is 2. The van der Waals surface area contributed by atoms with Gasteiger partial charge in [0.15, 0.2) is 5.13 Å². The number of aromatic nitrogens is 2. The topological polar surface area (TPSA) is 86.5 Å². The summed E-state index contributed by atoms with van der Waals surface area (Å²) in [6.07, 6.45) is 0.253. The molecule has 30 heavy (non-hydrogen) atoms. The smallest absolute Gasteiger partial charge is 0.230 e. The van der Waals surface area contributed by atoms with E-state index in [4.69, 9.17) is 14.0 Å². The number of benzene rings is 2. The highest BCUT2D eigenvalue weighted by Crippen LogP contribution is 2.29. The molecule has 2 heterocycles. The van der Waals surface area contributed by atoms with E-state index in [0.717, 1.165) is 44.3 Å². The number of amides is 1. The van der Waals surface area contributed by atoms with Crippen molar-refractivity contribution in [3.8, 4) is 11.5 Å². The zero-order chi connectivity index (χ0) is 21.1. The number of carbonyl (C=O) groups excluding carboxylic acids is 1. The molecule has 0 aliphatic rings. The van der Waals surface area contributed by atoms with Crippen molar-refractivity contribution in [2.24, 2.45) is 0 Å². The second-order valence-corrected chi connectivity index (χ2v) is 7.84. The minimum atomic E-state index is -0.120. The monoisotopic (exact) mass is 423 g/mol. The molecule has 0 saturated carbocycles. The third-order valence-corrected chi connectivity index (χ3v) is 5.63. The standard InChI is InChI=1S/C22H21N3O4S/c1-13-18(14(2)29-25-13)12-28-16-6-4-15(5-7-16)10-21(26)24-22-23-19-9-8-17(27-3)11-20(19)30-22/h4-9,11H,10,12H2,1-3H3,(H,23,24,26). The van der Waals surface area contributed by atoms with Crippen LogP contribution in [0.4, 0.5) is 5.13 Å². The molecule has 0 fully saturated rings. The highest BCUT2D eigenvalue weighted by Gasteiger charge is 2.11. The van der Waals surface area contributed by atoms with Crippen molar-refractivity contribution in [3.63, 3.8) is 0 Å². The van der Waals surface area contributed by atoms with E-state index in [-0.39, 0.29) is 12.3 Å². The number of aryl methyl sites for hydroxylation is 2. The van der Waals surface area contributed by atoms with Crippen LogP contribution < -0.4 is 14.8 Å².